The van der Waals surface area contributed by atoms with Crippen molar-refractivity contribution in [1.29, 1.82) is 0 Å². The van der Waals surface area contributed by atoms with Crippen LogP contribution in [0.25, 0.3) is 0 Å². The molecule has 1 N–H and O–H groups in total. The Bertz CT molecular complexity index is 603. The summed E-state index contributed by atoms with van der Waals surface area (Å²) in [5, 5.41) is 3.17. The highest BCUT2D eigenvalue weighted by Crippen LogP contribution is 2.22. The van der Waals surface area contributed by atoms with E-state index in [4.69, 9.17) is 11.6 Å². The van der Waals surface area contributed by atoms with Gasteiger partial charge in [0.05, 0.1) is 10.0 Å². The van der Waals surface area contributed by atoms with Gasteiger partial charge in [-0.3, -0.25) is 4.79 Å². The van der Waals surface area contributed by atoms with E-state index in [1.807, 2.05) is 0 Å². The number of halogens is 3. The molecule has 0 atom stereocenters. The Labute approximate surface area is 117 Å². The molecule has 2 aromatic carbocycles. The quantitative estimate of drug-likeness (QED) is 0.864. The van der Waals surface area contributed by atoms with Gasteiger partial charge in [0.1, 0.15) is 5.82 Å². The average molecular weight is 329 g/mol. The highest BCUT2D eigenvalue weighted by Gasteiger charge is 2.13. The number of benzene rings is 2. The van der Waals surface area contributed by atoms with E-state index < -0.39 is 11.7 Å². The Kier molecular flexibility index (Phi) is 3.99. The maximum Gasteiger partial charge on any atom is 0.256 e. The largest absolute Gasteiger partial charge is 0.322 e. The van der Waals surface area contributed by atoms with Gasteiger partial charge in [0.25, 0.3) is 5.91 Å². The fourth-order valence-electron chi connectivity index (χ4n) is 1.44. The molecule has 0 fully saturated rings. The molecule has 0 bridgehead atoms. The smallest absolute Gasteiger partial charge is 0.256 e. The maximum absolute atomic E-state index is 13.3. The number of anilines is 1. The first-order valence-corrected chi connectivity index (χ1v) is 6.26. The molecule has 0 unspecified atom stereocenters. The van der Waals surface area contributed by atoms with Crippen molar-refractivity contribution in [3.8, 4) is 0 Å². The highest BCUT2D eigenvalue weighted by molar-refractivity contribution is 9.10. The lowest BCUT2D eigenvalue weighted by Crippen LogP contribution is -2.13. The predicted octanol–water partition coefficient (Wildman–Crippen LogP) is 4.49. The van der Waals surface area contributed by atoms with Crippen LogP contribution in [-0.4, -0.2) is 5.91 Å². The minimum absolute atomic E-state index is 0.143. The number of nitrogens with one attached hydrogen (secondary N) is 1. The van der Waals surface area contributed by atoms with Crippen LogP contribution in [0.3, 0.4) is 0 Å². The minimum Gasteiger partial charge on any atom is -0.322 e. The predicted molar refractivity (Wildman–Crippen MR) is 73.5 cm³/mol. The summed E-state index contributed by atoms with van der Waals surface area (Å²) in [5.74, 6) is -0.877. The minimum atomic E-state index is -0.478. The second-order valence-electron chi connectivity index (χ2n) is 3.57. The molecule has 0 saturated heterocycles. The van der Waals surface area contributed by atoms with Crippen molar-refractivity contribution in [1.82, 2.24) is 0 Å². The third-order valence-corrected chi connectivity index (χ3v) is 3.32. The SMILES string of the molecule is O=C(Nc1cccc(Cl)c1)c1cccc(F)c1Br. The molecule has 0 radical (unpaired) electrons. The van der Waals surface area contributed by atoms with Crippen molar-refractivity contribution in [2.75, 3.05) is 5.32 Å². The Morgan fingerprint density at radius 3 is 2.67 bits per heavy atom. The first-order chi connectivity index (χ1) is 8.58. The van der Waals surface area contributed by atoms with Crippen LogP contribution in [0.4, 0.5) is 10.1 Å². The zero-order chi connectivity index (χ0) is 13.1. The number of amides is 1. The molecule has 0 aliphatic rings. The van der Waals surface area contributed by atoms with Gasteiger partial charge in [0.2, 0.25) is 0 Å². The molecule has 92 valence electrons. The number of hydrogen-bond acceptors (Lipinski definition) is 1. The van der Waals surface area contributed by atoms with Gasteiger partial charge in [-0.05, 0) is 46.3 Å². The van der Waals surface area contributed by atoms with Crippen LogP contribution >= 0.6 is 27.5 Å². The molecular formula is C13H8BrClFNO. The van der Waals surface area contributed by atoms with E-state index in [2.05, 4.69) is 21.2 Å². The van der Waals surface area contributed by atoms with E-state index in [-0.39, 0.29) is 10.0 Å². The van der Waals surface area contributed by atoms with Crippen molar-refractivity contribution in [2.24, 2.45) is 0 Å². The molecule has 1 amide bonds. The standard InChI is InChI=1S/C13H8BrClFNO/c14-12-10(5-2-6-11(12)16)13(18)17-9-4-1-3-8(15)7-9/h1-7H,(H,17,18). The van der Waals surface area contributed by atoms with E-state index in [9.17, 15) is 9.18 Å². The van der Waals surface area contributed by atoms with E-state index in [1.54, 1.807) is 24.3 Å². The Morgan fingerprint density at radius 1 is 1.22 bits per heavy atom. The van der Waals surface area contributed by atoms with Crippen LogP contribution in [0.5, 0.6) is 0 Å². The molecule has 0 saturated carbocycles. The normalized spacial score (nSPS) is 10.2. The molecule has 2 nitrogen and oxygen atoms in total. The average Bonchev–Trinajstić information content (AvgIpc) is 2.32. The maximum atomic E-state index is 13.3. The molecule has 0 heterocycles. The third-order valence-electron chi connectivity index (χ3n) is 2.28. The van der Waals surface area contributed by atoms with Crippen LogP contribution in [0.2, 0.25) is 5.02 Å². The summed E-state index contributed by atoms with van der Waals surface area (Å²) in [5.41, 5.74) is 0.790. The van der Waals surface area contributed by atoms with Gasteiger partial charge in [-0.15, -0.1) is 0 Å². The van der Waals surface area contributed by atoms with Gasteiger partial charge in [0.15, 0.2) is 0 Å². The summed E-state index contributed by atoms with van der Waals surface area (Å²) >= 11 is 8.86. The lowest BCUT2D eigenvalue weighted by molar-refractivity contribution is 0.102. The molecule has 18 heavy (non-hydrogen) atoms. The number of rotatable bonds is 2. The van der Waals surface area contributed by atoms with Crippen LogP contribution in [0.15, 0.2) is 46.9 Å². The first kappa shape index (κ1) is 13.1. The highest BCUT2D eigenvalue weighted by atomic mass is 79.9. The number of carbonyl (C=O) groups excluding carboxylic acids is 1. The fourth-order valence-corrected chi connectivity index (χ4v) is 2.08. The molecule has 2 aromatic rings. The summed E-state index contributed by atoms with van der Waals surface area (Å²) in [4.78, 5) is 11.9. The van der Waals surface area contributed by atoms with Crippen molar-refractivity contribution in [3.63, 3.8) is 0 Å². The number of hydrogen-bond donors (Lipinski definition) is 1. The molecule has 0 spiro atoms. The van der Waals surface area contributed by atoms with Crippen LogP contribution in [0, 0.1) is 5.82 Å². The van der Waals surface area contributed by atoms with Crippen LogP contribution in [0.1, 0.15) is 10.4 Å². The lowest BCUT2D eigenvalue weighted by atomic mass is 10.2. The van der Waals surface area contributed by atoms with E-state index in [1.165, 1.54) is 18.2 Å². The summed E-state index contributed by atoms with van der Waals surface area (Å²) < 4.78 is 13.4. The summed E-state index contributed by atoms with van der Waals surface area (Å²) in [7, 11) is 0. The van der Waals surface area contributed by atoms with E-state index in [0.717, 1.165) is 0 Å². The van der Waals surface area contributed by atoms with Crippen molar-refractivity contribution in [3.05, 3.63) is 63.3 Å². The molecule has 5 heteroatoms. The summed E-state index contributed by atoms with van der Waals surface area (Å²) in [6, 6.07) is 11.0. The van der Waals surface area contributed by atoms with Crippen LogP contribution < -0.4 is 5.32 Å². The first-order valence-electron chi connectivity index (χ1n) is 5.09. The van der Waals surface area contributed by atoms with Gasteiger partial charge < -0.3 is 5.32 Å². The second kappa shape index (κ2) is 5.50. The summed E-state index contributed by atoms with van der Waals surface area (Å²) in [6.07, 6.45) is 0. The zero-order valence-corrected chi connectivity index (χ0v) is 11.4. The molecule has 0 aliphatic carbocycles. The second-order valence-corrected chi connectivity index (χ2v) is 4.80. The van der Waals surface area contributed by atoms with Gasteiger partial charge in [-0.1, -0.05) is 23.7 Å². The van der Waals surface area contributed by atoms with Gasteiger partial charge in [-0.25, -0.2) is 4.39 Å². The van der Waals surface area contributed by atoms with Gasteiger partial charge in [0, 0.05) is 10.7 Å². The molecule has 0 aliphatic heterocycles. The number of carbonyl (C=O) groups is 1. The summed E-state index contributed by atoms with van der Waals surface area (Å²) in [6.45, 7) is 0. The Balaban J connectivity index is 2.25. The third kappa shape index (κ3) is 2.89. The van der Waals surface area contributed by atoms with Crippen LogP contribution in [-0.2, 0) is 0 Å². The molecule has 0 aromatic heterocycles. The van der Waals surface area contributed by atoms with Gasteiger partial charge in [-0.2, -0.15) is 0 Å². The van der Waals surface area contributed by atoms with Gasteiger partial charge >= 0.3 is 0 Å². The van der Waals surface area contributed by atoms with Crippen molar-refractivity contribution >= 4 is 39.1 Å². The van der Waals surface area contributed by atoms with E-state index in [0.29, 0.717) is 10.7 Å². The zero-order valence-electron chi connectivity index (χ0n) is 9.08. The molecule has 2 rings (SSSR count). The Morgan fingerprint density at radius 2 is 1.94 bits per heavy atom. The molecular weight excluding hydrogens is 321 g/mol. The van der Waals surface area contributed by atoms with Crippen molar-refractivity contribution < 1.29 is 9.18 Å². The monoisotopic (exact) mass is 327 g/mol. The van der Waals surface area contributed by atoms with E-state index >= 15 is 0 Å². The fraction of sp³-hybridized carbons (Fsp3) is 0. The Hall–Kier alpha value is -1.39. The van der Waals surface area contributed by atoms with Crippen molar-refractivity contribution in [2.45, 2.75) is 0 Å². The topological polar surface area (TPSA) is 29.1 Å². The lowest BCUT2D eigenvalue weighted by Gasteiger charge is -2.07.